The lowest BCUT2D eigenvalue weighted by atomic mass is 9.80. The SMILES string of the molecule is O=C(O)C1CCCC(C(=O)N2CCN(C(=O)CN3C(=O)CCC3=O)CC2)C1. The molecule has 148 valence electrons. The second kappa shape index (κ2) is 8.06. The largest absolute Gasteiger partial charge is 0.481 e. The van der Waals surface area contributed by atoms with Crippen LogP contribution >= 0.6 is 0 Å². The van der Waals surface area contributed by atoms with E-state index < -0.39 is 11.9 Å². The van der Waals surface area contributed by atoms with E-state index in [1.165, 1.54) is 0 Å². The third kappa shape index (κ3) is 4.28. The first-order chi connectivity index (χ1) is 12.9. The lowest BCUT2D eigenvalue weighted by Gasteiger charge is -2.38. The first-order valence-electron chi connectivity index (χ1n) is 9.49. The normalized spacial score (nSPS) is 26.4. The fraction of sp³-hybridized carbons (Fsp3) is 0.722. The molecule has 0 aromatic heterocycles. The Hall–Kier alpha value is -2.45. The Labute approximate surface area is 157 Å². The van der Waals surface area contributed by atoms with Crippen LogP contribution < -0.4 is 0 Å². The van der Waals surface area contributed by atoms with Crippen LogP contribution in [0, 0.1) is 11.8 Å². The van der Waals surface area contributed by atoms with Crippen LogP contribution in [0.15, 0.2) is 0 Å². The monoisotopic (exact) mass is 379 g/mol. The molecule has 3 aliphatic rings. The number of imide groups is 1. The summed E-state index contributed by atoms with van der Waals surface area (Å²) in [6, 6.07) is 0. The van der Waals surface area contributed by atoms with Gasteiger partial charge in [-0.25, -0.2) is 0 Å². The number of carboxylic acids is 1. The van der Waals surface area contributed by atoms with Gasteiger partial charge in [0.15, 0.2) is 0 Å². The van der Waals surface area contributed by atoms with Crippen molar-refractivity contribution >= 4 is 29.6 Å². The number of likely N-dealkylation sites (tertiary alicyclic amines) is 1. The van der Waals surface area contributed by atoms with Gasteiger partial charge in [-0.3, -0.25) is 28.9 Å². The van der Waals surface area contributed by atoms with Crippen molar-refractivity contribution in [2.45, 2.75) is 38.5 Å². The Kier molecular flexibility index (Phi) is 5.76. The molecule has 0 aromatic carbocycles. The number of carboxylic acid groups (broad SMARTS) is 1. The summed E-state index contributed by atoms with van der Waals surface area (Å²) in [5, 5.41) is 9.18. The summed E-state index contributed by atoms with van der Waals surface area (Å²) in [6.07, 6.45) is 2.77. The maximum atomic E-state index is 12.7. The van der Waals surface area contributed by atoms with Crippen LogP contribution in [0.4, 0.5) is 0 Å². The van der Waals surface area contributed by atoms with Gasteiger partial charge in [-0.2, -0.15) is 0 Å². The molecular formula is C18H25N3O6. The van der Waals surface area contributed by atoms with E-state index in [0.717, 1.165) is 11.3 Å². The summed E-state index contributed by atoms with van der Waals surface area (Å²) in [4.78, 5) is 63.8. The number of amides is 4. The first-order valence-corrected chi connectivity index (χ1v) is 9.49. The molecule has 9 heteroatoms. The van der Waals surface area contributed by atoms with Gasteiger partial charge in [-0.15, -0.1) is 0 Å². The van der Waals surface area contributed by atoms with Crippen LogP contribution in [0.5, 0.6) is 0 Å². The molecule has 0 bridgehead atoms. The third-order valence-electron chi connectivity index (χ3n) is 5.76. The molecule has 2 heterocycles. The van der Waals surface area contributed by atoms with E-state index in [-0.39, 0.29) is 48.9 Å². The summed E-state index contributed by atoms with van der Waals surface area (Å²) >= 11 is 0. The predicted molar refractivity (Wildman–Crippen MR) is 92.2 cm³/mol. The standard InChI is InChI=1S/C18H25N3O6/c22-14-4-5-15(23)21(14)11-16(24)19-6-8-20(9-7-19)17(25)12-2-1-3-13(10-12)18(26)27/h12-13H,1-11H2,(H,26,27). The minimum absolute atomic E-state index is 0.0297. The molecular weight excluding hydrogens is 354 g/mol. The van der Waals surface area contributed by atoms with Gasteiger partial charge >= 0.3 is 5.97 Å². The topological polar surface area (TPSA) is 115 Å². The van der Waals surface area contributed by atoms with E-state index >= 15 is 0 Å². The van der Waals surface area contributed by atoms with E-state index in [4.69, 9.17) is 0 Å². The van der Waals surface area contributed by atoms with E-state index in [0.29, 0.717) is 45.4 Å². The third-order valence-corrected chi connectivity index (χ3v) is 5.76. The summed E-state index contributed by atoms with van der Waals surface area (Å²) in [5.74, 6) is -2.49. The highest BCUT2D eigenvalue weighted by molar-refractivity contribution is 6.04. The summed E-state index contributed by atoms with van der Waals surface area (Å²) in [7, 11) is 0. The number of aliphatic carboxylic acids is 1. The van der Waals surface area contributed by atoms with E-state index in [1.54, 1.807) is 9.80 Å². The van der Waals surface area contributed by atoms with Crippen molar-refractivity contribution in [3.63, 3.8) is 0 Å². The molecule has 2 atom stereocenters. The number of hydrogen-bond acceptors (Lipinski definition) is 5. The maximum Gasteiger partial charge on any atom is 0.306 e. The molecule has 1 N–H and O–H groups in total. The van der Waals surface area contributed by atoms with Gasteiger partial charge in [0, 0.05) is 44.9 Å². The molecule has 1 aliphatic carbocycles. The van der Waals surface area contributed by atoms with E-state index in [9.17, 15) is 29.1 Å². The van der Waals surface area contributed by atoms with Crippen molar-refractivity contribution in [2.24, 2.45) is 11.8 Å². The number of piperazine rings is 1. The van der Waals surface area contributed by atoms with Crippen molar-refractivity contribution in [3.8, 4) is 0 Å². The number of nitrogens with zero attached hydrogens (tertiary/aromatic N) is 3. The molecule has 4 amide bonds. The van der Waals surface area contributed by atoms with Crippen LogP contribution in [0.1, 0.15) is 38.5 Å². The molecule has 27 heavy (non-hydrogen) atoms. The maximum absolute atomic E-state index is 12.7. The molecule has 0 aromatic rings. The minimum atomic E-state index is -0.839. The lowest BCUT2D eigenvalue weighted by Crippen LogP contribution is -2.54. The quantitative estimate of drug-likeness (QED) is 0.671. The van der Waals surface area contributed by atoms with E-state index in [1.807, 2.05) is 0 Å². The van der Waals surface area contributed by atoms with Gasteiger partial charge in [0.05, 0.1) is 5.92 Å². The fourth-order valence-corrected chi connectivity index (χ4v) is 4.11. The number of carbonyl (C=O) groups is 5. The predicted octanol–water partition coefficient (Wildman–Crippen LogP) is -0.303. The molecule has 3 fully saturated rings. The van der Waals surface area contributed by atoms with Crippen molar-refractivity contribution < 1.29 is 29.1 Å². The Bertz CT molecular complexity index is 639. The summed E-state index contributed by atoms with van der Waals surface area (Å²) in [6.45, 7) is 1.27. The zero-order valence-corrected chi connectivity index (χ0v) is 15.3. The number of hydrogen-bond donors (Lipinski definition) is 1. The van der Waals surface area contributed by atoms with Gasteiger partial charge in [0.2, 0.25) is 23.6 Å². The summed E-state index contributed by atoms with van der Waals surface area (Å²) in [5.41, 5.74) is 0. The Morgan fingerprint density at radius 1 is 0.889 bits per heavy atom. The molecule has 2 saturated heterocycles. The zero-order valence-electron chi connectivity index (χ0n) is 15.3. The molecule has 2 unspecified atom stereocenters. The van der Waals surface area contributed by atoms with Gasteiger partial charge in [0.25, 0.3) is 0 Å². The first kappa shape index (κ1) is 19.3. The van der Waals surface area contributed by atoms with Crippen LogP contribution in [0.25, 0.3) is 0 Å². The van der Waals surface area contributed by atoms with Gasteiger partial charge in [0.1, 0.15) is 6.54 Å². The molecule has 9 nitrogen and oxygen atoms in total. The highest BCUT2D eigenvalue weighted by Gasteiger charge is 2.36. The van der Waals surface area contributed by atoms with Crippen molar-refractivity contribution in [2.75, 3.05) is 32.7 Å². The van der Waals surface area contributed by atoms with Gasteiger partial charge in [-0.1, -0.05) is 6.42 Å². The van der Waals surface area contributed by atoms with Crippen molar-refractivity contribution in [1.29, 1.82) is 0 Å². The highest BCUT2D eigenvalue weighted by Crippen LogP contribution is 2.30. The second-order valence-electron chi connectivity index (χ2n) is 7.48. The minimum Gasteiger partial charge on any atom is -0.481 e. The molecule has 1 saturated carbocycles. The van der Waals surface area contributed by atoms with Crippen LogP contribution in [0.3, 0.4) is 0 Å². The average molecular weight is 379 g/mol. The summed E-state index contributed by atoms with van der Waals surface area (Å²) < 4.78 is 0. The second-order valence-corrected chi connectivity index (χ2v) is 7.48. The van der Waals surface area contributed by atoms with Crippen molar-refractivity contribution in [1.82, 2.24) is 14.7 Å². The van der Waals surface area contributed by atoms with Crippen LogP contribution in [-0.2, 0) is 24.0 Å². The molecule has 3 rings (SSSR count). The zero-order chi connectivity index (χ0) is 19.6. The highest BCUT2D eigenvalue weighted by atomic mass is 16.4. The number of carbonyl (C=O) groups excluding carboxylic acids is 4. The fourth-order valence-electron chi connectivity index (χ4n) is 4.11. The lowest BCUT2D eigenvalue weighted by molar-refractivity contribution is -0.148. The molecule has 0 spiro atoms. The number of rotatable bonds is 4. The Balaban J connectivity index is 1.49. The van der Waals surface area contributed by atoms with Crippen LogP contribution in [-0.4, -0.2) is 82.1 Å². The van der Waals surface area contributed by atoms with Crippen molar-refractivity contribution in [3.05, 3.63) is 0 Å². The van der Waals surface area contributed by atoms with Gasteiger partial charge < -0.3 is 14.9 Å². The smallest absolute Gasteiger partial charge is 0.306 e. The molecule has 0 radical (unpaired) electrons. The van der Waals surface area contributed by atoms with Crippen LogP contribution in [0.2, 0.25) is 0 Å². The van der Waals surface area contributed by atoms with E-state index in [2.05, 4.69) is 0 Å². The Morgan fingerprint density at radius 2 is 1.44 bits per heavy atom. The Morgan fingerprint density at radius 3 is 2.04 bits per heavy atom. The average Bonchev–Trinajstić information content (AvgIpc) is 2.99. The van der Waals surface area contributed by atoms with Gasteiger partial charge in [-0.05, 0) is 19.3 Å². The molecule has 2 aliphatic heterocycles.